The van der Waals surface area contributed by atoms with E-state index < -0.39 is 0 Å². The number of carbonyl (C=O) groups excluding carboxylic acids is 1. The number of aryl methyl sites for hydroxylation is 1. The predicted octanol–water partition coefficient (Wildman–Crippen LogP) is 1.92. The molecule has 4 heteroatoms. The summed E-state index contributed by atoms with van der Waals surface area (Å²) in [7, 11) is 0. The van der Waals surface area contributed by atoms with Crippen LogP contribution in [-0.4, -0.2) is 21.6 Å². The largest absolute Gasteiger partial charge is 0.388 e. The second-order valence-electron chi connectivity index (χ2n) is 5.76. The normalized spacial score (nSPS) is 22.1. The molecule has 2 aliphatic carbocycles. The lowest BCUT2D eigenvalue weighted by Gasteiger charge is -2.20. The Kier molecular flexibility index (Phi) is 3.60. The summed E-state index contributed by atoms with van der Waals surface area (Å²) in [6.45, 7) is 0.875. The first-order chi connectivity index (χ1) is 9.24. The van der Waals surface area contributed by atoms with E-state index in [0.29, 0.717) is 12.5 Å². The number of fused-ring (bicyclic) bond motifs is 1. The molecule has 1 heterocycles. The highest BCUT2D eigenvalue weighted by Gasteiger charge is 2.23. The van der Waals surface area contributed by atoms with Gasteiger partial charge in [-0.1, -0.05) is 0 Å². The number of aromatic nitrogens is 1. The average molecular weight is 262 g/mol. The monoisotopic (exact) mass is 262 g/mol. The lowest BCUT2D eigenvalue weighted by atomic mass is 9.95. The average Bonchev–Trinajstić information content (AvgIpc) is 3.09. The van der Waals surface area contributed by atoms with E-state index in [1.165, 1.54) is 5.69 Å². The lowest BCUT2D eigenvalue weighted by Crippen LogP contribution is -2.25. The van der Waals surface area contributed by atoms with Crippen LogP contribution in [0.15, 0.2) is 12.3 Å². The van der Waals surface area contributed by atoms with Gasteiger partial charge in [-0.15, -0.1) is 0 Å². The van der Waals surface area contributed by atoms with Crippen molar-refractivity contribution >= 4 is 5.91 Å². The van der Waals surface area contributed by atoms with Crippen LogP contribution in [0, 0.1) is 0 Å². The summed E-state index contributed by atoms with van der Waals surface area (Å²) in [5, 5.41) is 12.9. The zero-order valence-corrected chi connectivity index (χ0v) is 11.3. The summed E-state index contributed by atoms with van der Waals surface area (Å²) in [4.78, 5) is 11.6. The van der Waals surface area contributed by atoms with Crippen LogP contribution in [0.3, 0.4) is 0 Å². The molecule has 19 heavy (non-hydrogen) atoms. The number of aliphatic hydroxyl groups excluding tert-OH is 1. The van der Waals surface area contributed by atoms with Crippen LogP contribution in [0.4, 0.5) is 0 Å². The van der Waals surface area contributed by atoms with Gasteiger partial charge in [0.2, 0.25) is 5.91 Å². The first-order valence-electron chi connectivity index (χ1n) is 7.39. The Morgan fingerprint density at radius 2 is 2.26 bits per heavy atom. The maximum Gasteiger partial charge on any atom is 0.220 e. The van der Waals surface area contributed by atoms with Crippen molar-refractivity contribution in [2.24, 2.45) is 0 Å². The van der Waals surface area contributed by atoms with Crippen molar-refractivity contribution in [3.8, 4) is 0 Å². The maximum absolute atomic E-state index is 11.6. The Hall–Kier alpha value is -1.29. The van der Waals surface area contributed by atoms with E-state index in [2.05, 4.69) is 16.1 Å². The molecule has 0 aromatic carbocycles. The summed E-state index contributed by atoms with van der Waals surface area (Å²) in [5.74, 6) is 0.184. The van der Waals surface area contributed by atoms with Crippen molar-refractivity contribution in [2.45, 2.75) is 63.6 Å². The van der Waals surface area contributed by atoms with Crippen LogP contribution in [0.5, 0.6) is 0 Å². The summed E-state index contributed by atoms with van der Waals surface area (Å²) in [6.07, 6.45) is 8.51. The molecule has 104 valence electrons. The van der Waals surface area contributed by atoms with E-state index in [0.717, 1.165) is 50.6 Å². The molecular formula is C15H22N2O2. The summed E-state index contributed by atoms with van der Waals surface area (Å²) >= 11 is 0. The Morgan fingerprint density at radius 1 is 1.42 bits per heavy atom. The van der Waals surface area contributed by atoms with Crippen molar-refractivity contribution in [1.82, 2.24) is 9.88 Å². The molecule has 3 rings (SSSR count). The van der Waals surface area contributed by atoms with Gasteiger partial charge >= 0.3 is 0 Å². The highest BCUT2D eigenvalue weighted by atomic mass is 16.3. The molecule has 2 N–H and O–H groups in total. The molecule has 1 fully saturated rings. The van der Waals surface area contributed by atoms with E-state index >= 15 is 0 Å². The Balaban J connectivity index is 1.51. The molecule has 0 bridgehead atoms. The van der Waals surface area contributed by atoms with Gasteiger partial charge in [0.15, 0.2) is 0 Å². The van der Waals surface area contributed by atoms with E-state index in [1.54, 1.807) is 0 Å². The van der Waals surface area contributed by atoms with E-state index in [4.69, 9.17) is 0 Å². The number of hydrogen-bond donors (Lipinski definition) is 2. The number of aliphatic hydroxyl groups is 1. The number of hydrogen-bond acceptors (Lipinski definition) is 2. The SMILES string of the molecule is O=C(CCCn1ccc2c1CCCC2O)NC1CC1. The van der Waals surface area contributed by atoms with Crippen LogP contribution in [0.25, 0.3) is 0 Å². The molecule has 1 atom stereocenters. The molecule has 4 nitrogen and oxygen atoms in total. The lowest BCUT2D eigenvalue weighted by molar-refractivity contribution is -0.121. The fraction of sp³-hybridized carbons (Fsp3) is 0.667. The highest BCUT2D eigenvalue weighted by molar-refractivity contribution is 5.76. The quantitative estimate of drug-likeness (QED) is 0.851. The minimum atomic E-state index is -0.289. The van der Waals surface area contributed by atoms with Gasteiger partial charge in [-0.2, -0.15) is 0 Å². The van der Waals surface area contributed by atoms with Crippen LogP contribution in [-0.2, 0) is 17.8 Å². The molecule has 0 aliphatic heterocycles. The first-order valence-corrected chi connectivity index (χ1v) is 7.39. The second-order valence-corrected chi connectivity index (χ2v) is 5.76. The Bertz CT molecular complexity index is 463. The molecule has 1 aromatic rings. The Labute approximate surface area is 113 Å². The van der Waals surface area contributed by atoms with Crippen molar-refractivity contribution in [2.75, 3.05) is 0 Å². The van der Waals surface area contributed by atoms with Gasteiger partial charge in [-0.3, -0.25) is 4.79 Å². The topological polar surface area (TPSA) is 54.3 Å². The molecule has 0 spiro atoms. The number of amides is 1. The van der Waals surface area contributed by atoms with Crippen LogP contribution >= 0.6 is 0 Å². The molecule has 0 saturated heterocycles. The zero-order chi connectivity index (χ0) is 13.2. The Morgan fingerprint density at radius 3 is 3.05 bits per heavy atom. The first kappa shape index (κ1) is 12.7. The third-order valence-corrected chi connectivity index (χ3v) is 4.11. The van der Waals surface area contributed by atoms with Gasteiger partial charge in [-0.25, -0.2) is 0 Å². The fourth-order valence-electron chi connectivity index (χ4n) is 2.88. The molecule has 1 aromatic heterocycles. The van der Waals surface area contributed by atoms with Gasteiger partial charge in [0, 0.05) is 36.5 Å². The van der Waals surface area contributed by atoms with Crippen LogP contribution in [0.1, 0.15) is 55.9 Å². The number of carbonyl (C=O) groups is 1. The van der Waals surface area contributed by atoms with Gasteiger partial charge in [0.1, 0.15) is 0 Å². The minimum Gasteiger partial charge on any atom is -0.388 e. The van der Waals surface area contributed by atoms with Gasteiger partial charge in [-0.05, 0) is 44.6 Å². The predicted molar refractivity (Wildman–Crippen MR) is 72.7 cm³/mol. The summed E-state index contributed by atoms with van der Waals surface area (Å²) in [5.41, 5.74) is 2.36. The van der Waals surface area contributed by atoms with Gasteiger partial charge in [0.05, 0.1) is 6.10 Å². The summed E-state index contributed by atoms with van der Waals surface area (Å²) in [6, 6.07) is 2.49. The van der Waals surface area contributed by atoms with Crippen LogP contribution in [0.2, 0.25) is 0 Å². The van der Waals surface area contributed by atoms with Crippen molar-refractivity contribution in [3.63, 3.8) is 0 Å². The third-order valence-electron chi connectivity index (χ3n) is 4.11. The number of rotatable bonds is 5. The highest BCUT2D eigenvalue weighted by Crippen LogP contribution is 2.30. The zero-order valence-electron chi connectivity index (χ0n) is 11.3. The molecule has 1 unspecified atom stereocenters. The van der Waals surface area contributed by atoms with Crippen molar-refractivity contribution < 1.29 is 9.90 Å². The second kappa shape index (κ2) is 5.37. The van der Waals surface area contributed by atoms with Crippen LogP contribution < -0.4 is 5.32 Å². The van der Waals surface area contributed by atoms with Crippen molar-refractivity contribution in [1.29, 1.82) is 0 Å². The molecule has 1 saturated carbocycles. The molecule has 1 amide bonds. The van der Waals surface area contributed by atoms with Gasteiger partial charge < -0.3 is 15.0 Å². The smallest absolute Gasteiger partial charge is 0.220 e. The maximum atomic E-state index is 11.6. The van der Waals surface area contributed by atoms with Crippen molar-refractivity contribution in [3.05, 3.63) is 23.5 Å². The molecule has 0 radical (unpaired) electrons. The third kappa shape index (κ3) is 3.00. The number of nitrogens with zero attached hydrogens (tertiary/aromatic N) is 1. The van der Waals surface area contributed by atoms with E-state index in [9.17, 15) is 9.90 Å². The van der Waals surface area contributed by atoms with E-state index in [1.807, 2.05) is 6.07 Å². The summed E-state index contributed by atoms with van der Waals surface area (Å²) < 4.78 is 2.21. The molecular weight excluding hydrogens is 240 g/mol. The standard InChI is InChI=1S/C15H22N2O2/c18-14-4-1-3-13-12(14)8-10-17(13)9-2-5-15(19)16-11-6-7-11/h8,10-11,14,18H,1-7,9H2,(H,16,19). The number of nitrogens with one attached hydrogen (secondary N) is 1. The van der Waals surface area contributed by atoms with E-state index in [-0.39, 0.29) is 12.0 Å². The fourth-order valence-corrected chi connectivity index (χ4v) is 2.88. The molecule has 2 aliphatic rings. The van der Waals surface area contributed by atoms with Gasteiger partial charge in [0.25, 0.3) is 0 Å². The minimum absolute atomic E-state index is 0.184.